The average Bonchev–Trinajstić information content (AvgIpc) is 2.35. The highest BCUT2D eigenvalue weighted by molar-refractivity contribution is 5.95. The summed E-state index contributed by atoms with van der Waals surface area (Å²) in [5.74, 6) is 0. The second-order valence-corrected chi connectivity index (χ2v) is 4.04. The quantitative estimate of drug-likeness (QED) is 0.306. The van der Waals surface area contributed by atoms with Gasteiger partial charge in [0.15, 0.2) is 0 Å². The molecule has 88 valence electrons. The summed E-state index contributed by atoms with van der Waals surface area (Å²) in [6.45, 7) is 0. The first-order chi connectivity index (χ1) is 8.65. The summed E-state index contributed by atoms with van der Waals surface area (Å²) in [6.07, 6.45) is 0. The van der Waals surface area contributed by atoms with Crippen LogP contribution in [0.5, 0.6) is 0 Å². The van der Waals surface area contributed by atoms with Gasteiger partial charge in [0.25, 0.3) is 5.69 Å². The summed E-state index contributed by atoms with van der Waals surface area (Å²) in [5, 5.41) is 12.6. The number of fused-ring (bicyclic) bond motifs is 2. The fourth-order valence-electron chi connectivity index (χ4n) is 1.99. The first-order valence-electron chi connectivity index (χ1n) is 5.38. The van der Waals surface area contributed by atoms with Crippen LogP contribution in [0.2, 0.25) is 0 Å². The zero-order valence-corrected chi connectivity index (χ0v) is 9.33. The van der Waals surface area contributed by atoms with E-state index in [0.29, 0.717) is 5.52 Å². The molecule has 0 radical (unpaired) electrons. The van der Waals surface area contributed by atoms with E-state index in [1.807, 2.05) is 30.3 Å². The molecule has 0 spiro atoms. The fraction of sp³-hybridized carbons (Fsp3) is 0. The molecule has 0 aliphatic rings. The summed E-state index contributed by atoms with van der Waals surface area (Å²) in [5.41, 5.74) is 7.10. The van der Waals surface area contributed by atoms with Crippen LogP contribution in [0, 0.1) is 10.1 Å². The molecule has 0 saturated carbocycles. The van der Waals surface area contributed by atoms with Crippen LogP contribution in [0.4, 0.5) is 11.4 Å². The molecule has 3 rings (SSSR count). The van der Waals surface area contributed by atoms with Gasteiger partial charge in [0, 0.05) is 16.8 Å². The number of pyridine rings is 1. The van der Waals surface area contributed by atoms with Gasteiger partial charge >= 0.3 is 0 Å². The Balaban J connectivity index is 2.40. The molecule has 1 heterocycles. The zero-order chi connectivity index (χ0) is 12.7. The number of nitrogens with zero attached hydrogens (tertiary/aromatic N) is 2. The Hall–Kier alpha value is -2.69. The van der Waals surface area contributed by atoms with Crippen LogP contribution < -0.4 is 5.73 Å². The minimum absolute atomic E-state index is 0.106. The van der Waals surface area contributed by atoms with Gasteiger partial charge in [-0.1, -0.05) is 18.2 Å². The van der Waals surface area contributed by atoms with E-state index in [1.54, 1.807) is 6.07 Å². The SMILES string of the molecule is Nc1cc2cc3ccccc3nc2cc1[N+](=O)[O-]. The normalized spacial score (nSPS) is 10.9. The van der Waals surface area contributed by atoms with E-state index in [1.165, 1.54) is 6.07 Å². The van der Waals surface area contributed by atoms with Gasteiger partial charge in [-0.3, -0.25) is 10.1 Å². The van der Waals surface area contributed by atoms with Gasteiger partial charge in [0.1, 0.15) is 5.69 Å². The molecular formula is C13H9N3O2. The van der Waals surface area contributed by atoms with Gasteiger partial charge in [-0.05, 0) is 18.2 Å². The largest absolute Gasteiger partial charge is 0.393 e. The summed E-state index contributed by atoms with van der Waals surface area (Å²) >= 11 is 0. The Labute approximate surface area is 102 Å². The number of anilines is 1. The summed E-state index contributed by atoms with van der Waals surface area (Å²) in [6, 6.07) is 12.6. The predicted molar refractivity (Wildman–Crippen MR) is 70.3 cm³/mol. The molecule has 0 fully saturated rings. The van der Waals surface area contributed by atoms with Crippen LogP contribution in [0.15, 0.2) is 42.5 Å². The average molecular weight is 239 g/mol. The van der Waals surface area contributed by atoms with Crippen molar-refractivity contribution in [1.29, 1.82) is 0 Å². The van der Waals surface area contributed by atoms with Crippen molar-refractivity contribution in [3.63, 3.8) is 0 Å². The molecule has 0 unspecified atom stereocenters. The number of hydrogen-bond donors (Lipinski definition) is 1. The Kier molecular flexibility index (Phi) is 2.13. The van der Waals surface area contributed by atoms with Gasteiger partial charge in [-0.25, -0.2) is 4.98 Å². The standard InChI is InChI=1S/C13H9N3O2/c14-10-6-9-5-8-3-1-2-4-11(8)15-12(9)7-13(10)16(17)18/h1-7H,14H2. The van der Waals surface area contributed by atoms with Crippen LogP contribution >= 0.6 is 0 Å². The predicted octanol–water partition coefficient (Wildman–Crippen LogP) is 2.88. The number of rotatable bonds is 1. The van der Waals surface area contributed by atoms with Crippen LogP contribution in [-0.2, 0) is 0 Å². The maximum Gasteiger partial charge on any atom is 0.294 e. The molecule has 18 heavy (non-hydrogen) atoms. The molecule has 0 atom stereocenters. The highest BCUT2D eigenvalue weighted by Crippen LogP contribution is 2.28. The number of aromatic nitrogens is 1. The van der Waals surface area contributed by atoms with Crippen molar-refractivity contribution in [3.8, 4) is 0 Å². The molecule has 5 heteroatoms. The number of nitrogens with two attached hydrogens (primary N) is 1. The lowest BCUT2D eigenvalue weighted by Crippen LogP contribution is -1.96. The second-order valence-electron chi connectivity index (χ2n) is 4.04. The number of benzene rings is 2. The van der Waals surface area contributed by atoms with Gasteiger partial charge < -0.3 is 5.73 Å². The van der Waals surface area contributed by atoms with Crippen LogP contribution in [0.1, 0.15) is 0 Å². The lowest BCUT2D eigenvalue weighted by atomic mass is 10.1. The molecular weight excluding hydrogens is 230 g/mol. The Morgan fingerprint density at radius 3 is 2.61 bits per heavy atom. The third kappa shape index (κ3) is 1.53. The first-order valence-corrected chi connectivity index (χ1v) is 5.38. The summed E-state index contributed by atoms with van der Waals surface area (Å²) < 4.78 is 0. The van der Waals surface area contributed by atoms with Crippen molar-refractivity contribution < 1.29 is 4.92 Å². The Morgan fingerprint density at radius 1 is 1.06 bits per heavy atom. The van der Waals surface area contributed by atoms with Gasteiger partial charge in [0.2, 0.25) is 0 Å². The molecule has 3 aromatic rings. The molecule has 0 saturated heterocycles. The third-order valence-corrected chi connectivity index (χ3v) is 2.86. The van der Waals surface area contributed by atoms with Crippen LogP contribution in [-0.4, -0.2) is 9.91 Å². The van der Waals surface area contributed by atoms with Crippen molar-refractivity contribution >= 4 is 33.2 Å². The first kappa shape index (κ1) is 10.5. The minimum Gasteiger partial charge on any atom is -0.393 e. The maximum atomic E-state index is 10.8. The monoisotopic (exact) mass is 239 g/mol. The second kappa shape index (κ2) is 3.66. The van der Waals surface area contributed by atoms with E-state index >= 15 is 0 Å². The molecule has 0 aliphatic carbocycles. The van der Waals surface area contributed by atoms with E-state index in [9.17, 15) is 10.1 Å². The molecule has 0 bridgehead atoms. The van der Waals surface area contributed by atoms with E-state index in [2.05, 4.69) is 4.98 Å². The van der Waals surface area contributed by atoms with Gasteiger partial charge in [-0.2, -0.15) is 0 Å². The smallest absolute Gasteiger partial charge is 0.294 e. The number of hydrogen-bond acceptors (Lipinski definition) is 4. The topological polar surface area (TPSA) is 82.0 Å². The van der Waals surface area contributed by atoms with Crippen molar-refractivity contribution in [2.24, 2.45) is 0 Å². The third-order valence-electron chi connectivity index (χ3n) is 2.86. The van der Waals surface area contributed by atoms with Crippen LogP contribution in [0.3, 0.4) is 0 Å². The van der Waals surface area contributed by atoms with Crippen LogP contribution in [0.25, 0.3) is 21.8 Å². The molecule has 0 aliphatic heterocycles. The van der Waals surface area contributed by atoms with Gasteiger partial charge in [0.05, 0.1) is 16.0 Å². The summed E-state index contributed by atoms with van der Waals surface area (Å²) in [4.78, 5) is 14.7. The van der Waals surface area contributed by atoms with Crippen molar-refractivity contribution in [2.75, 3.05) is 5.73 Å². The minimum atomic E-state index is -0.494. The van der Waals surface area contributed by atoms with Gasteiger partial charge in [-0.15, -0.1) is 0 Å². The van der Waals surface area contributed by atoms with E-state index in [0.717, 1.165) is 16.3 Å². The number of nitrogen functional groups attached to an aromatic ring is 1. The maximum absolute atomic E-state index is 10.8. The molecule has 1 aromatic heterocycles. The lowest BCUT2D eigenvalue weighted by molar-refractivity contribution is -0.383. The fourth-order valence-corrected chi connectivity index (χ4v) is 1.99. The summed E-state index contributed by atoms with van der Waals surface area (Å²) in [7, 11) is 0. The van der Waals surface area contributed by atoms with E-state index in [4.69, 9.17) is 5.73 Å². The van der Waals surface area contributed by atoms with Crippen molar-refractivity contribution in [3.05, 3.63) is 52.6 Å². The Bertz CT molecular complexity index is 784. The number of para-hydroxylation sites is 1. The van der Waals surface area contributed by atoms with Crippen molar-refractivity contribution in [2.45, 2.75) is 0 Å². The molecule has 2 aromatic carbocycles. The number of nitro groups is 1. The Morgan fingerprint density at radius 2 is 1.83 bits per heavy atom. The number of nitro benzene ring substituents is 1. The molecule has 0 amide bonds. The molecule has 2 N–H and O–H groups in total. The van der Waals surface area contributed by atoms with E-state index < -0.39 is 4.92 Å². The highest BCUT2D eigenvalue weighted by Gasteiger charge is 2.13. The van der Waals surface area contributed by atoms with Crippen molar-refractivity contribution in [1.82, 2.24) is 4.98 Å². The zero-order valence-electron chi connectivity index (χ0n) is 9.33. The highest BCUT2D eigenvalue weighted by atomic mass is 16.6. The van der Waals surface area contributed by atoms with E-state index in [-0.39, 0.29) is 11.4 Å². The lowest BCUT2D eigenvalue weighted by Gasteiger charge is -2.03. The molecule has 5 nitrogen and oxygen atoms in total.